The maximum Gasteiger partial charge on any atom is 0.306 e. The lowest BCUT2D eigenvalue weighted by atomic mass is 10.0. The molecule has 0 rings (SSSR count). The summed E-state index contributed by atoms with van der Waals surface area (Å²) in [5, 5.41) is 26.3. The van der Waals surface area contributed by atoms with Gasteiger partial charge in [0.15, 0.2) is 0 Å². The van der Waals surface area contributed by atoms with Gasteiger partial charge in [-0.15, -0.1) is 0 Å². The van der Waals surface area contributed by atoms with Gasteiger partial charge in [0.25, 0.3) is 0 Å². The first-order chi connectivity index (χ1) is 17.8. The SMILES string of the molecule is C[C@@H](CCCCNC(=O)CCNCCC(=O)NCCCCCCCCCCCCCCC(=O)O)C(=O)O.[HH]. The van der Waals surface area contributed by atoms with Crippen LogP contribution in [0.15, 0.2) is 0 Å². The zero-order valence-electron chi connectivity index (χ0n) is 23.2. The predicted molar refractivity (Wildman–Crippen MR) is 149 cm³/mol. The van der Waals surface area contributed by atoms with Crippen molar-refractivity contribution in [3.63, 3.8) is 0 Å². The van der Waals surface area contributed by atoms with E-state index in [0.29, 0.717) is 51.9 Å². The molecule has 0 radical (unpaired) electrons. The number of carboxylic acids is 2. The monoisotopic (exact) mass is 529 g/mol. The number of amides is 2. The first-order valence-electron chi connectivity index (χ1n) is 14.5. The summed E-state index contributed by atoms with van der Waals surface area (Å²) in [4.78, 5) is 44.9. The molecule has 2 amide bonds. The summed E-state index contributed by atoms with van der Waals surface area (Å²) in [6, 6.07) is 0. The van der Waals surface area contributed by atoms with Crippen LogP contribution in [-0.4, -0.2) is 60.1 Å². The third-order valence-electron chi connectivity index (χ3n) is 6.50. The fourth-order valence-corrected chi connectivity index (χ4v) is 4.03. The molecule has 0 aliphatic heterocycles. The van der Waals surface area contributed by atoms with Gasteiger partial charge in [0.2, 0.25) is 11.8 Å². The van der Waals surface area contributed by atoms with Crippen LogP contribution in [0.25, 0.3) is 0 Å². The second kappa shape index (κ2) is 25.5. The van der Waals surface area contributed by atoms with Crippen molar-refractivity contribution in [1.82, 2.24) is 16.0 Å². The van der Waals surface area contributed by atoms with Crippen LogP contribution in [0.1, 0.15) is 124 Å². The van der Waals surface area contributed by atoms with Gasteiger partial charge < -0.3 is 26.2 Å². The molecular formula is C28H55N3O6. The van der Waals surface area contributed by atoms with E-state index in [4.69, 9.17) is 10.2 Å². The van der Waals surface area contributed by atoms with Crippen molar-refractivity contribution in [2.75, 3.05) is 26.2 Å². The molecule has 5 N–H and O–H groups in total. The molecule has 0 unspecified atom stereocenters. The molecule has 0 bridgehead atoms. The molecule has 9 heteroatoms. The van der Waals surface area contributed by atoms with Crippen molar-refractivity contribution >= 4 is 23.8 Å². The number of hydrogen-bond donors (Lipinski definition) is 5. The van der Waals surface area contributed by atoms with E-state index in [1.54, 1.807) is 6.92 Å². The predicted octanol–water partition coefficient (Wildman–Crippen LogP) is 4.88. The summed E-state index contributed by atoms with van der Waals surface area (Å²) in [7, 11) is 0. The van der Waals surface area contributed by atoms with Crippen LogP contribution in [-0.2, 0) is 19.2 Å². The molecule has 0 aliphatic carbocycles. The molecule has 0 aromatic heterocycles. The number of nitrogens with one attached hydrogen (secondary N) is 3. The van der Waals surface area contributed by atoms with E-state index in [9.17, 15) is 19.2 Å². The van der Waals surface area contributed by atoms with E-state index in [0.717, 1.165) is 44.9 Å². The molecule has 218 valence electrons. The van der Waals surface area contributed by atoms with Crippen LogP contribution in [0.5, 0.6) is 0 Å². The van der Waals surface area contributed by atoms with Crippen molar-refractivity contribution in [1.29, 1.82) is 0 Å². The molecule has 0 heterocycles. The number of carbonyl (C=O) groups is 4. The average Bonchev–Trinajstić information content (AvgIpc) is 2.85. The van der Waals surface area contributed by atoms with E-state index in [2.05, 4.69) is 16.0 Å². The lowest BCUT2D eigenvalue weighted by Gasteiger charge is -2.08. The Morgan fingerprint density at radius 2 is 0.973 bits per heavy atom. The minimum Gasteiger partial charge on any atom is -0.481 e. The highest BCUT2D eigenvalue weighted by Crippen LogP contribution is 2.12. The fraction of sp³-hybridized carbons (Fsp3) is 0.857. The highest BCUT2D eigenvalue weighted by molar-refractivity contribution is 5.76. The van der Waals surface area contributed by atoms with Crippen molar-refractivity contribution in [3.05, 3.63) is 0 Å². The molecule has 0 aliphatic rings. The molecule has 0 saturated carbocycles. The zero-order chi connectivity index (χ0) is 27.6. The number of rotatable bonds is 27. The van der Waals surface area contributed by atoms with Gasteiger partial charge >= 0.3 is 11.9 Å². The van der Waals surface area contributed by atoms with Crippen molar-refractivity contribution in [3.8, 4) is 0 Å². The Hall–Kier alpha value is -2.16. The third kappa shape index (κ3) is 26.7. The normalized spacial score (nSPS) is 11.7. The van der Waals surface area contributed by atoms with E-state index < -0.39 is 11.9 Å². The van der Waals surface area contributed by atoms with Crippen molar-refractivity contribution < 1.29 is 30.8 Å². The smallest absolute Gasteiger partial charge is 0.306 e. The van der Waals surface area contributed by atoms with Crippen LogP contribution >= 0.6 is 0 Å². The van der Waals surface area contributed by atoms with Gasteiger partial charge in [-0.05, 0) is 25.7 Å². The summed E-state index contributed by atoms with van der Waals surface area (Å²) >= 11 is 0. The van der Waals surface area contributed by atoms with Gasteiger partial charge in [-0.2, -0.15) is 0 Å². The van der Waals surface area contributed by atoms with Gasteiger partial charge in [0.1, 0.15) is 0 Å². The van der Waals surface area contributed by atoms with E-state index >= 15 is 0 Å². The molecule has 0 aromatic carbocycles. The first-order valence-corrected chi connectivity index (χ1v) is 14.5. The van der Waals surface area contributed by atoms with E-state index in [1.165, 1.54) is 44.9 Å². The first kappa shape index (κ1) is 34.8. The number of unbranched alkanes of at least 4 members (excludes halogenated alkanes) is 12. The summed E-state index contributed by atoms with van der Waals surface area (Å²) in [5.74, 6) is -1.81. The number of aliphatic carboxylic acids is 2. The summed E-state index contributed by atoms with van der Waals surface area (Å²) in [6.07, 6.45) is 17.1. The molecule has 37 heavy (non-hydrogen) atoms. The van der Waals surface area contributed by atoms with Crippen molar-refractivity contribution in [2.24, 2.45) is 5.92 Å². The van der Waals surface area contributed by atoms with E-state index in [1.807, 2.05) is 0 Å². The lowest BCUT2D eigenvalue weighted by molar-refractivity contribution is -0.141. The zero-order valence-corrected chi connectivity index (χ0v) is 23.2. The molecule has 0 saturated heterocycles. The average molecular weight is 530 g/mol. The molecular weight excluding hydrogens is 474 g/mol. The lowest BCUT2D eigenvalue weighted by Crippen LogP contribution is -2.31. The Bertz CT molecular complexity index is 621. The van der Waals surface area contributed by atoms with Gasteiger partial charge in [0.05, 0.1) is 5.92 Å². The Labute approximate surface area is 225 Å². The fourth-order valence-electron chi connectivity index (χ4n) is 4.03. The third-order valence-corrected chi connectivity index (χ3v) is 6.50. The number of hydrogen-bond acceptors (Lipinski definition) is 5. The Balaban J connectivity index is 0. The molecule has 9 nitrogen and oxygen atoms in total. The summed E-state index contributed by atoms with van der Waals surface area (Å²) in [6.45, 7) is 4.05. The maximum absolute atomic E-state index is 11.9. The van der Waals surface area contributed by atoms with Gasteiger partial charge in [0, 0.05) is 46.9 Å². The van der Waals surface area contributed by atoms with Crippen LogP contribution in [0.2, 0.25) is 0 Å². The molecule has 0 spiro atoms. The maximum atomic E-state index is 11.9. The van der Waals surface area contributed by atoms with Crippen LogP contribution < -0.4 is 16.0 Å². The highest BCUT2D eigenvalue weighted by Gasteiger charge is 2.09. The summed E-state index contributed by atoms with van der Waals surface area (Å²) in [5.41, 5.74) is 0. The minimum atomic E-state index is -0.780. The van der Waals surface area contributed by atoms with E-state index in [-0.39, 0.29) is 19.2 Å². The van der Waals surface area contributed by atoms with Gasteiger partial charge in [-0.3, -0.25) is 19.2 Å². The Morgan fingerprint density at radius 1 is 0.568 bits per heavy atom. The molecule has 0 fully saturated rings. The number of carboxylic acid groups (broad SMARTS) is 2. The summed E-state index contributed by atoms with van der Waals surface area (Å²) < 4.78 is 0. The standard InChI is InChI=1S/C28H53N3O6.H2/c1-24(28(36)37)16-13-15-21-31-26(33)19-23-29-22-18-25(32)30-20-14-11-9-7-5-3-2-4-6-8-10-12-17-27(34)35;/h24,29H,2-23H2,1H3,(H,30,32)(H,31,33)(H,34,35)(H,36,37);1H/t24-;/m0./s1. The number of carbonyl (C=O) groups excluding carboxylic acids is 2. The van der Waals surface area contributed by atoms with Crippen molar-refractivity contribution in [2.45, 2.75) is 122 Å². The second-order valence-corrected chi connectivity index (χ2v) is 10.1. The van der Waals surface area contributed by atoms with Crippen LogP contribution in [0.3, 0.4) is 0 Å². The topological polar surface area (TPSA) is 145 Å². The largest absolute Gasteiger partial charge is 0.481 e. The van der Waals surface area contributed by atoms with Crippen LogP contribution in [0, 0.1) is 5.92 Å². The minimum absolute atomic E-state index is 0. The Kier molecular flexibility index (Phi) is 24.0. The second-order valence-electron chi connectivity index (χ2n) is 10.1. The quantitative estimate of drug-likeness (QED) is 0.0953. The van der Waals surface area contributed by atoms with Gasteiger partial charge in [-0.25, -0.2) is 0 Å². The van der Waals surface area contributed by atoms with Crippen LogP contribution in [0.4, 0.5) is 0 Å². The molecule has 0 aromatic rings. The Morgan fingerprint density at radius 3 is 1.41 bits per heavy atom. The molecule has 1 atom stereocenters. The van der Waals surface area contributed by atoms with Gasteiger partial charge in [-0.1, -0.05) is 77.6 Å². The highest BCUT2D eigenvalue weighted by atomic mass is 16.4.